The Kier molecular flexibility index (Phi) is 13.9. The van der Waals surface area contributed by atoms with Gasteiger partial charge < -0.3 is 22.8 Å². The fraction of sp³-hybridized carbons (Fsp3) is 0.647. The largest absolute Gasteiger partial charge is 0.426 e. The predicted molar refractivity (Wildman–Crippen MR) is 179 cm³/mol. The van der Waals surface area contributed by atoms with Gasteiger partial charge in [-0.1, -0.05) is 107 Å². The topological polar surface area (TPSA) is 64.6 Å². The Labute approximate surface area is 264 Å². The van der Waals surface area contributed by atoms with Crippen LogP contribution in [0.25, 0.3) is 0 Å². The van der Waals surface area contributed by atoms with Gasteiger partial charge >= 0.3 is 17.2 Å². The minimum absolute atomic E-state index is 0.0301. The van der Waals surface area contributed by atoms with Gasteiger partial charge in [-0.3, -0.25) is 9.05 Å². The van der Waals surface area contributed by atoms with Crippen LogP contribution in [0.3, 0.4) is 0 Å². The second-order valence-electron chi connectivity index (χ2n) is 14.6. The summed E-state index contributed by atoms with van der Waals surface area (Å²) in [6.07, 6.45) is 0. The molecule has 2 unspecified atom stereocenters. The molecular formula is C34H56O7P2. The molecule has 0 N–H and O–H groups in total. The van der Waals surface area contributed by atoms with Crippen molar-refractivity contribution in [2.24, 2.45) is 0 Å². The Hall–Kier alpha value is -1.30. The molecule has 0 spiro atoms. The van der Waals surface area contributed by atoms with Gasteiger partial charge in [0.05, 0.1) is 13.2 Å². The predicted octanol–water partition coefficient (Wildman–Crippen LogP) is 10.8. The summed E-state index contributed by atoms with van der Waals surface area (Å²) in [5.41, 5.74) is 4.52. The second-order valence-corrected chi connectivity index (χ2v) is 16.9. The third-order valence-corrected chi connectivity index (χ3v) is 8.87. The molecule has 0 saturated heterocycles. The summed E-state index contributed by atoms with van der Waals surface area (Å²) in [7, 11) is -3.37. The summed E-state index contributed by atoms with van der Waals surface area (Å²) in [5.74, 6) is 1.49. The first-order chi connectivity index (χ1) is 19.8. The van der Waals surface area contributed by atoms with Crippen LogP contribution in [-0.4, -0.2) is 26.8 Å². The highest BCUT2D eigenvalue weighted by Gasteiger charge is 2.27. The molecule has 0 fully saturated rings. The van der Waals surface area contributed by atoms with Crippen molar-refractivity contribution < 1.29 is 31.9 Å². The zero-order chi connectivity index (χ0) is 32.6. The van der Waals surface area contributed by atoms with E-state index in [4.69, 9.17) is 31.9 Å². The molecule has 244 valence electrons. The molecule has 0 amide bonds. The molecule has 2 atom stereocenters. The molecule has 0 bridgehead atoms. The molecule has 2 aromatic rings. The fourth-order valence-corrected chi connectivity index (χ4v) is 5.81. The van der Waals surface area contributed by atoms with Crippen LogP contribution in [0.15, 0.2) is 36.4 Å². The van der Waals surface area contributed by atoms with Crippen molar-refractivity contribution in [1.82, 2.24) is 0 Å². The van der Waals surface area contributed by atoms with Gasteiger partial charge in [-0.25, -0.2) is 0 Å². The molecule has 0 heterocycles. The molecule has 0 radical (unpaired) electrons. The lowest BCUT2D eigenvalue weighted by Gasteiger charge is -2.28. The molecule has 0 aromatic heterocycles. The van der Waals surface area contributed by atoms with Gasteiger partial charge in [0.2, 0.25) is 0 Å². The van der Waals surface area contributed by atoms with Gasteiger partial charge in [0, 0.05) is 11.1 Å². The maximum Gasteiger partial charge on any atom is 0.399 e. The van der Waals surface area contributed by atoms with E-state index in [9.17, 15) is 0 Å². The summed E-state index contributed by atoms with van der Waals surface area (Å²) in [4.78, 5) is 0. The molecule has 7 nitrogen and oxygen atoms in total. The van der Waals surface area contributed by atoms with E-state index in [1.807, 2.05) is 26.0 Å². The lowest BCUT2D eigenvalue weighted by molar-refractivity contribution is -0.0621. The van der Waals surface area contributed by atoms with Crippen LogP contribution in [0.1, 0.15) is 119 Å². The number of rotatable bonds is 14. The average Bonchev–Trinajstić information content (AvgIpc) is 2.86. The molecule has 43 heavy (non-hydrogen) atoms. The fourth-order valence-electron chi connectivity index (χ4n) is 4.07. The van der Waals surface area contributed by atoms with Gasteiger partial charge in [-0.15, -0.1) is 0 Å². The van der Waals surface area contributed by atoms with Crippen LogP contribution in [-0.2, 0) is 44.5 Å². The van der Waals surface area contributed by atoms with Crippen molar-refractivity contribution in [3.05, 3.63) is 58.7 Å². The van der Waals surface area contributed by atoms with E-state index in [0.717, 1.165) is 22.6 Å². The van der Waals surface area contributed by atoms with Crippen LogP contribution in [0.2, 0.25) is 0 Å². The first kappa shape index (κ1) is 37.9. The zero-order valence-corrected chi connectivity index (χ0v) is 30.8. The zero-order valence-electron chi connectivity index (χ0n) is 29.0. The first-order valence-corrected chi connectivity index (χ1v) is 17.3. The number of ether oxygens (including phenoxy) is 1. The summed E-state index contributed by atoms with van der Waals surface area (Å²) in [5, 5.41) is 0. The van der Waals surface area contributed by atoms with E-state index in [1.54, 1.807) is 0 Å². The van der Waals surface area contributed by atoms with E-state index in [2.05, 4.69) is 107 Å². The van der Waals surface area contributed by atoms with Crippen LogP contribution in [0.5, 0.6) is 11.5 Å². The average molecular weight is 639 g/mol. The molecule has 2 rings (SSSR count). The summed E-state index contributed by atoms with van der Waals surface area (Å²) < 4.78 is 41.5. The van der Waals surface area contributed by atoms with Crippen LogP contribution < -0.4 is 9.05 Å². The van der Waals surface area contributed by atoms with Gasteiger partial charge in [-0.05, 0) is 58.8 Å². The SMILES string of the molecule is CCOP(OCOCOP(OCC)Oc1ccc(C(C)(C)C)cc1C(C)(C)C)Oc1ccc(C(C)(C)C)cc1C(C)(C)C. The summed E-state index contributed by atoms with van der Waals surface area (Å²) >= 11 is 0. The third-order valence-electron chi connectivity index (χ3n) is 6.60. The third kappa shape index (κ3) is 12.2. The molecule has 0 aliphatic heterocycles. The minimum Gasteiger partial charge on any atom is -0.426 e. The Morgan fingerprint density at radius 3 is 1.12 bits per heavy atom. The standard InChI is InChI=1S/C34H56O7P2/c1-15-36-42(40-29-19-17-25(31(3,4)5)21-27(29)33(9,10)11)38-23-35-24-39-43(37-16-2)41-30-20-18-26(32(6,7)8)22-28(30)34(12,13)14/h17-22H,15-16,23-24H2,1-14H3. The Bertz CT molecular complexity index is 1050. The van der Waals surface area contributed by atoms with E-state index in [1.165, 1.54) is 11.1 Å². The van der Waals surface area contributed by atoms with E-state index < -0.39 is 17.2 Å². The number of hydrogen-bond acceptors (Lipinski definition) is 7. The lowest BCUT2D eigenvalue weighted by atomic mass is 9.80. The number of benzene rings is 2. The maximum atomic E-state index is 6.26. The first-order valence-electron chi connectivity index (χ1n) is 15.1. The lowest BCUT2D eigenvalue weighted by Crippen LogP contribution is -2.17. The van der Waals surface area contributed by atoms with E-state index >= 15 is 0 Å². The van der Waals surface area contributed by atoms with E-state index in [0.29, 0.717) is 13.2 Å². The molecule has 9 heteroatoms. The minimum atomic E-state index is -1.68. The quantitative estimate of drug-likeness (QED) is 0.116. The van der Waals surface area contributed by atoms with Crippen LogP contribution in [0.4, 0.5) is 0 Å². The van der Waals surface area contributed by atoms with Crippen LogP contribution in [0, 0.1) is 0 Å². The highest BCUT2D eigenvalue weighted by Crippen LogP contribution is 2.47. The highest BCUT2D eigenvalue weighted by molar-refractivity contribution is 7.42. The van der Waals surface area contributed by atoms with Crippen molar-refractivity contribution in [2.75, 3.05) is 26.8 Å². The van der Waals surface area contributed by atoms with Gasteiger partial charge in [0.15, 0.2) is 13.6 Å². The summed E-state index contributed by atoms with van der Waals surface area (Å²) in [6, 6.07) is 12.7. The Morgan fingerprint density at radius 2 is 0.837 bits per heavy atom. The van der Waals surface area contributed by atoms with Crippen molar-refractivity contribution in [3.63, 3.8) is 0 Å². The molecule has 0 saturated carbocycles. The van der Waals surface area contributed by atoms with Crippen molar-refractivity contribution >= 4 is 17.2 Å². The second kappa shape index (κ2) is 15.8. The molecule has 0 aliphatic rings. The van der Waals surface area contributed by atoms with Crippen LogP contribution >= 0.6 is 17.2 Å². The van der Waals surface area contributed by atoms with Gasteiger partial charge in [0.1, 0.15) is 11.5 Å². The summed E-state index contributed by atoms with van der Waals surface area (Å²) in [6.45, 7) is 30.9. The molecule has 0 aliphatic carbocycles. The van der Waals surface area contributed by atoms with Crippen molar-refractivity contribution in [2.45, 2.75) is 119 Å². The van der Waals surface area contributed by atoms with Crippen molar-refractivity contribution in [3.8, 4) is 11.5 Å². The monoisotopic (exact) mass is 638 g/mol. The maximum absolute atomic E-state index is 6.26. The number of hydrogen-bond donors (Lipinski definition) is 0. The highest BCUT2D eigenvalue weighted by atomic mass is 31.2. The Morgan fingerprint density at radius 1 is 0.488 bits per heavy atom. The smallest absolute Gasteiger partial charge is 0.399 e. The van der Waals surface area contributed by atoms with Crippen molar-refractivity contribution in [1.29, 1.82) is 0 Å². The molecular weight excluding hydrogens is 582 g/mol. The normalized spacial score (nSPS) is 14.5. The molecule has 2 aromatic carbocycles. The van der Waals surface area contributed by atoms with Gasteiger partial charge in [0.25, 0.3) is 0 Å². The van der Waals surface area contributed by atoms with E-state index in [-0.39, 0.29) is 35.2 Å². The Balaban J connectivity index is 2.04. The van der Waals surface area contributed by atoms with Gasteiger partial charge in [-0.2, -0.15) is 0 Å².